The summed E-state index contributed by atoms with van der Waals surface area (Å²) in [6.07, 6.45) is 7.61. The molecule has 0 saturated carbocycles. The van der Waals surface area contributed by atoms with E-state index in [1.165, 1.54) is 16.0 Å². The van der Waals surface area contributed by atoms with Crippen LogP contribution < -0.4 is 0 Å². The number of halogens is 1. The Kier molecular flexibility index (Phi) is 6.29. The molecular formula is C24H29FN2S. The van der Waals surface area contributed by atoms with Gasteiger partial charge in [-0.3, -0.25) is 0 Å². The summed E-state index contributed by atoms with van der Waals surface area (Å²) in [5, 5.41) is 0. The molecule has 0 amide bonds. The van der Waals surface area contributed by atoms with Crippen LogP contribution >= 0.6 is 11.8 Å². The highest BCUT2D eigenvalue weighted by molar-refractivity contribution is 8.00. The molecule has 2 nitrogen and oxygen atoms in total. The van der Waals surface area contributed by atoms with Gasteiger partial charge in [0.15, 0.2) is 0 Å². The van der Waals surface area contributed by atoms with Crippen molar-refractivity contribution in [3.8, 4) is 0 Å². The molecule has 0 spiro atoms. The van der Waals surface area contributed by atoms with Crippen LogP contribution in [-0.4, -0.2) is 14.3 Å². The van der Waals surface area contributed by atoms with Crippen LogP contribution in [0.15, 0.2) is 72.1 Å². The third kappa shape index (κ3) is 5.71. The van der Waals surface area contributed by atoms with Crippen LogP contribution in [0.25, 0.3) is 0 Å². The third-order valence-electron chi connectivity index (χ3n) is 5.02. The maximum atomic E-state index is 13.2. The second kappa shape index (κ2) is 8.52. The quantitative estimate of drug-likeness (QED) is 0.424. The van der Waals surface area contributed by atoms with Crippen molar-refractivity contribution in [2.24, 2.45) is 0 Å². The van der Waals surface area contributed by atoms with Crippen molar-refractivity contribution in [1.82, 2.24) is 9.55 Å². The van der Waals surface area contributed by atoms with E-state index < -0.39 is 0 Å². The van der Waals surface area contributed by atoms with Gasteiger partial charge in [0.05, 0.1) is 6.33 Å². The van der Waals surface area contributed by atoms with Gasteiger partial charge in [0.1, 0.15) is 5.82 Å². The molecule has 28 heavy (non-hydrogen) atoms. The summed E-state index contributed by atoms with van der Waals surface area (Å²) in [4.78, 5) is 5.46. The third-order valence-corrected chi connectivity index (χ3v) is 6.35. The molecule has 1 aromatic heterocycles. The van der Waals surface area contributed by atoms with E-state index in [0.29, 0.717) is 0 Å². The molecule has 0 saturated heterocycles. The second-order valence-electron chi connectivity index (χ2n) is 8.69. The zero-order valence-corrected chi connectivity index (χ0v) is 18.0. The number of hydrogen-bond acceptors (Lipinski definition) is 2. The lowest BCUT2D eigenvalue weighted by atomic mass is 9.87. The molecule has 0 bridgehead atoms. The highest BCUT2D eigenvalue weighted by Crippen LogP contribution is 2.38. The highest BCUT2D eigenvalue weighted by atomic mass is 32.2. The molecule has 3 rings (SSSR count). The first-order valence-electron chi connectivity index (χ1n) is 9.73. The van der Waals surface area contributed by atoms with E-state index in [2.05, 4.69) is 61.5 Å². The molecule has 1 heterocycles. The highest BCUT2D eigenvalue weighted by Gasteiger charge is 2.26. The number of nitrogens with zero attached hydrogens (tertiary/aromatic N) is 2. The lowest BCUT2D eigenvalue weighted by molar-refractivity contribution is 0.495. The van der Waals surface area contributed by atoms with E-state index in [4.69, 9.17) is 0 Å². The van der Waals surface area contributed by atoms with Crippen molar-refractivity contribution >= 4 is 11.8 Å². The predicted octanol–water partition coefficient (Wildman–Crippen LogP) is 6.50. The summed E-state index contributed by atoms with van der Waals surface area (Å²) in [7, 11) is 0. The van der Waals surface area contributed by atoms with Gasteiger partial charge in [-0.1, -0.05) is 45.0 Å². The van der Waals surface area contributed by atoms with E-state index in [1.54, 1.807) is 12.1 Å². The fourth-order valence-corrected chi connectivity index (χ4v) is 4.56. The minimum Gasteiger partial charge on any atom is -0.336 e. The Balaban J connectivity index is 1.76. The molecule has 3 aromatic rings. The molecule has 0 N–H and O–H groups in total. The van der Waals surface area contributed by atoms with E-state index in [-0.39, 0.29) is 16.0 Å². The van der Waals surface area contributed by atoms with Gasteiger partial charge in [-0.2, -0.15) is 0 Å². The van der Waals surface area contributed by atoms with Gasteiger partial charge in [-0.25, -0.2) is 9.37 Å². The van der Waals surface area contributed by atoms with Crippen molar-refractivity contribution < 1.29 is 4.39 Å². The van der Waals surface area contributed by atoms with Crippen LogP contribution in [0.1, 0.15) is 45.2 Å². The van der Waals surface area contributed by atoms with Crippen molar-refractivity contribution in [2.75, 3.05) is 0 Å². The van der Waals surface area contributed by atoms with Crippen molar-refractivity contribution in [3.05, 3.63) is 84.2 Å². The van der Waals surface area contributed by atoms with Gasteiger partial charge in [0.2, 0.25) is 0 Å². The average molecular weight is 397 g/mol. The van der Waals surface area contributed by atoms with Crippen molar-refractivity contribution in [3.63, 3.8) is 0 Å². The Morgan fingerprint density at radius 1 is 0.964 bits per heavy atom. The standard InChI is InChI=1S/C24H29FN2S/c1-23(2,3)20-7-11-22(12-8-20)28-24(4,17-27-16-15-26-18-27)14-13-19-5-9-21(25)10-6-19/h5-12,15-16,18H,13-14,17H2,1-4H3. The largest absolute Gasteiger partial charge is 0.336 e. The van der Waals surface area contributed by atoms with Gasteiger partial charge in [-0.05, 0) is 60.6 Å². The number of hydrogen-bond donors (Lipinski definition) is 0. The van der Waals surface area contributed by atoms with E-state index in [9.17, 15) is 4.39 Å². The monoisotopic (exact) mass is 396 g/mol. The average Bonchev–Trinajstić information content (AvgIpc) is 3.13. The van der Waals surface area contributed by atoms with Crippen LogP contribution in [0.4, 0.5) is 4.39 Å². The number of aryl methyl sites for hydroxylation is 1. The Hall–Kier alpha value is -2.07. The van der Waals surface area contributed by atoms with Gasteiger partial charge in [0, 0.05) is 28.6 Å². The molecule has 2 aromatic carbocycles. The summed E-state index contributed by atoms with van der Waals surface area (Å²) >= 11 is 1.91. The molecule has 0 aliphatic heterocycles. The van der Waals surface area contributed by atoms with Crippen LogP contribution in [0.2, 0.25) is 0 Å². The Morgan fingerprint density at radius 2 is 1.64 bits per heavy atom. The van der Waals surface area contributed by atoms with Gasteiger partial charge < -0.3 is 4.57 Å². The van der Waals surface area contributed by atoms with Crippen molar-refractivity contribution in [2.45, 2.75) is 62.1 Å². The molecule has 148 valence electrons. The topological polar surface area (TPSA) is 17.8 Å². The first-order chi connectivity index (χ1) is 13.2. The maximum absolute atomic E-state index is 13.2. The molecule has 4 heteroatoms. The molecular weight excluding hydrogens is 367 g/mol. The zero-order valence-electron chi connectivity index (χ0n) is 17.2. The zero-order chi connectivity index (χ0) is 20.2. The van der Waals surface area contributed by atoms with Crippen LogP contribution in [-0.2, 0) is 18.4 Å². The number of thioether (sulfide) groups is 1. The van der Waals surface area contributed by atoms with Crippen molar-refractivity contribution in [1.29, 1.82) is 0 Å². The predicted molar refractivity (Wildman–Crippen MR) is 116 cm³/mol. The number of rotatable bonds is 7. The van der Waals surface area contributed by atoms with E-state index in [1.807, 2.05) is 42.6 Å². The second-order valence-corrected chi connectivity index (χ2v) is 10.3. The first kappa shape index (κ1) is 20.7. The fourth-order valence-electron chi connectivity index (χ4n) is 3.30. The van der Waals surface area contributed by atoms with Gasteiger partial charge in [0.25, 0.3) is 0 Å². The summed E-state index contributed by atoms with van der Waals surface area (Å²) in [6.45, 7) is 9.89. The molecule has 0 aliphatic rings. The first-order valence-corrected chi connectivity index (χ1v) is 10.5. The fraction of sp³-hybridized carbons (Fsp3) is 0.375. The van der Waals surface area contributed by atoms with E-state index >= 15 is 0 Å². The Labute approximate surface area is 172 Å². The van der Waals surface area contributed by atoms with Crippen LogP contribution in [0, 0.1) is 5.82 Å². The SMILES string of the molecule is CC(CCc1ccc(F)cc1)(Cn1ccnc1)Sc1ccc(C(C)(C)C)cc1. The number of imidazole rings is 1. The molecule has 1 atom stereocenters. The summed E-state index contributed by atoms with van der Waals surface area (Å²) < 4.78 is 15.3. The lowest BCUT2D eigenvalue weighted by Gasteiger charge is -2.30. The summed E-state index contributed by atoms with van der Waals surface area (Å²) in [5.74, 6) is -0.182. The Morgan fingerprint density at radius 3 is 2.21 bits per heavy atom. The Bertz CT molecular complexity index is 864. The van der Waals surface area contributed by atoms with E-state index in [0.717, 1.165) is 19.4 Å². The smallest absolute Gasteiger partial charge is 0.123 e. The van der Waals surface area contributed by atoms with Crippen LogP contribution in [0.5, 0.6) is 0 Å². The number of aromatic nitrogens is 2. The molecule has 1 unspecified atom stereocenters. The molecule has 0 radical (unpaired) electrons. The maximum Gasteiger partial charge on any atom is 0.123 e. The van der Waals surface area contributed by atoms with Gasteiger partial charge >= 0.3 is 0 Å². The minimum absolute atomic E-state index is 0.00165. The number of benzene rings is 2. The normalized spacial score (nSPS) is 14.0. The minimum atomic E-state index is -0.182. The van der Waals surface area contributed by atoms with Crippen LogP contribution in [0.3, 0.4) is 0 Å². The summed E-state index contributed by atoms with van der Waals surface area (Å²) in [6, 6.07) is 15.8. The summed E-state index contributed by atoms with van der Waals surface area (Å²) in [5.41, 5.74) is 2.67. The molecule has 0 aliphatic carbocycles. The molecule has 0 fully saturated rings. The lowest BCUT2D eigenvalue weighted by Crippen LogP contribution is -2.27. The van der Waals surface area contributed by atoms with Gasteiger partial charge in [-0.15, -0.1) is 11.8 Å².